The van der Waals surface area contributed by atoms with E-state index in [9.17, 15) is 20.1 Å². The van der Waals surface area contributed by atoms with Crippen molar-refractivity contribution < 1.29 is 39.1 Å². The molecule has 2 saturated carbocycles. The number of aliphatic hydroxyl groups is 3. The predicted molar refractivity (Wildman–Crippen MR) is 158 cm³/mol. The number of carbonyl (C=O) groups excluding carboxylic acids is 1. The second kappa shape index (κ2) is 11.3. The Labute approximate surface area is 252 Å². The van der Waals surface area contributed by atoms with Gasteiger partial charge in [0.1, 0.15) is 24.8 Å². The van der Waals surface area contributed by atoms with Crippen LogP contribution in [0.4, 0.5) is 0 Å². The third kappa shape index (κ3) is 4.54. The zero-order valence-electron chi connectivity index (χ0n) is 25.1. The molecule has 6 rings (SSSR count). The van der Waals surface area contributed by atoms with Gasteiger partial charge in [-0.05, 0) is 49.1 Å². The number of Topliss-reactive ketones (excluding diaryl/α,β-unsaturated/α-hetero) is 1. The van der Waals surface area contributed by atoms with Crippen LogP contribution in [0, 0.1) is 23.2 Å². The lowest BCUT2D eigenvalue weighted by molar-refractivity contribution is -0.332. The minimum absolute atomic E-state index is 0.0450. The highest BCUT2D eigenvalue weighted by Crippen LogP contribution is 2.73. The first-order chi connectivity index (χ1) is 20.6. The number of aliphatic hydroxyl groups excluding tert-OH is 1. The Hall–Kier alpha value is -2.85. The number of hydrogen-bond donors (Lipinski definition) is 3. The molecule has 0 heterocycles. The highest BCUT2D eigenvalue weighted by Gasteiger charge is 2.88. The van der Waals surface area contributed by atoms with Gasteiger partial charge in [0.25, 0.3) is 0 Å². The lowest BCUT2D eigenvalue weighted by Crippen LogP contribution is -2.75. The number of hydrogen-bond acceptors (Lipinski definition) is 8. The molecular weight excluding hydrogens is 548 g/mol. The van der Waals surface area contributed by atoms with E-state index < -0.39 is 45.8 Å². The van der Waals surface area contributed by atoms with Crippen molar-refractivity contribution >= 4 is 5.78 Å². The Kier molecular flexibility index (Phi) is 7.90. The molecule has 2 aromatic carbocycles. The van der Waals surface area contributed by atoms with Crippen LogP contribution in [0.2, 0.25) is 0 Å². The van der Waals surface area contributed by atoms with Crippen LogP contribution in [0.15, 0.2) is 84.1 Å². The minimum atomic E-state index is -2.13. The fourth-order valence-corrected chi connectivity index (χ4v) is 8.41. The van der Waals surface area contributed by atoms with E-state index in [4.69, 9.17) is 18.9 Å². The van der Waals surface area contributed by atoms with Gasteiger partial charge in [-0.25, -0.2) is 0 Å². The first kappa shape index (κ1) is 30.2. The van der Waals surface area contributed by atoms with Crippen molar-refractivity contribution in [1.82, 2.24) is 0 Å². The molecule has 2 fully saturated rings. The van der Waals surface area contributed by atoms with Crippen molar-refractivity contribution in [3.8, 4) is 0 Å². The van der Waals surface area contributed by atoms with E-state index in [2.05, 4.69) is 0 Å². The number of allylic oxidation sites excluding steroid dienone is 3. The topological polar surface area (TPSA) is 115 Å². The van der Waals surface area contributed by atoms with E-state index in [1.54, 1.807) is 0 Å². The summed E-state index contributed by atoms with van der Waals surface area (Å²) < 4.78 is 24.9. The van der Waals surface area contributed by atoms with Gasteiger partial charge >= 0.3 is 0 Å². The highest BCUT2D eigenvalue weighted by molar-refractivity contribution is 6.02. The number of carbonyl (C=O) groups is 1. The summed E-state index contributed by atoms with van der Waals surface area (Å²) in [5.41, 5.74) is -4.75. The summed E-state index contributed by atoms with van der Waals surface area (Å²) in [5, 5.41) is 36.9. The molecule has 0 radical (unpaired) electrons. The summed E-state index contributed by atoms with van der Waals surface area (Å²) in [6, 6.07) is 19.4. The van der Waals surface area contributed by atoms with Gasteiger partial charge in [0, 0.05) is 11.0 Å². The summed E-state index contributed by atoms with van der Waals surface area (Å²) in [5.74, 6) is -2.34. The third-order valence-corrected chi connectivity index (χ3v) is 10.5. The van der Waals surface area contributed by atoms with E-state index in [0.717, 1.165) is 11.1 Å². The molecule has 4 aliphatic carbocycles. The second-order valence-corrected chi connectivity index (χ2v) is 13.0. The molecule has 7 unspecified atom stereocenters. The number of fused-ring (bicyclic) bond motifs is 3. The first-order valence-electron chi connectivity index (χ1n) is 15.2. The molecule has 0 spiro atoms. The van der Waals surface area contributed by atoms with Crippen molar-refractivity contribution in [3.63, 3.8) is 0 Å². The van der Waals surface area contributed by atoms with Gasteiger partial charge in [0.15, 0.2) is 11.4 Å². The molecule has 0 saturated heterocycles. The zero-order valence-corrected chi connectivity index (χ0v) is 25.1. The normalized spacial score (nSPS) is 36.7. The van der Waals surface area contributed by atoms with Crippen molar-refractivity contribution in [1.29, 1.82) is 0 Å². The van der Waals surface area contributed by atoms with Gasteiger partial charge in [-0.15, -0.1) is 0 Å². The molecule has 43 heavy (non-hydrogen) atoms. The van der Waals surface area contributed by atoms with E-state index >= 15 is 0 Å². The third-order valence-electron chi connectivity index (χ3n) is 10.5. The summed E-state index contributed by atoms with van der Waals surface area (Å²) in [4.78, 5) is 13.8. The molecular formula is C35H42O8. The fraction of sp³-hybridized carbons (Fsp3) is 0.514. The molecule has 3 N–H and O–H groups in total. The Morgan fingerprint density at radius 3 is 2.07 bits per heavy atom. The van der Waals surface area contributed by atoms with Gasteiger partial charge in [-0.1, -0.05) is 86.7 Å². The maximum absolute atomic E-state index is 13.8. The Morgan fingerprint density at radius 2 is 1.49 bits per heavy atom. The van der Waals surface area contributed by atoms with Crippen molar-refractivity contribution in [2.75, 3.05) is 13.6 Å². The second-order valence-electron chi connectivity index (χ2n) is 13.0. The smallest absolute Gasteiger partial charge is 0.204 e. The lowest BCUT2D eigenvalue weighted by Gasteiger charge is -2.59. The van der Waals surface area contributed by atoms with Crippen molar-refractivity contribution in [3.05, 3.63) is 95.3 Å². The van der Waals surface area contributed by atoms with E-state index in [-0.39, 0.29) is 31.0 Å². The van der Waals surface area contributed by atoms with Crippen LogP contribution >= 0.6 is 0 Å². The fourth-order valence-electron chi connectivity index (χ4n) is 8.41. The SMILES string of the molecule is CC1=C(O)C(=O)C2C(C)(CC3C=C3)C3(OCOCc4ccccc4)CCC(C)C(OCOCc4ccccc4)C3(O)C12O. The van der Waals surface area contributed by atoms with Crippen LogP contribution in [0.5, 0.6) is 0 Å². The highest BCUT2D eigenvalue weighted by atomic mass is 16.7. The predicted octanol–water partition coefficient (Wildman–Crippen LogP) is 4.99. The Bertz CT molecular complexity index is 1390. The van der Waals surface area contributed by atoms with Crippen molar-refractivity contribution in [2.45, 2.75) is 76.2 Å². The molecule has 7 atom stereocenters. The van der Waals surface area contributed by atoms with Crippen molar-refractivity contribution in [2.24, 2.45) is 23.2 Å². The Morgan fingerprint density at radius 1 is 0.907 bits per heavy atom. The van der Waals surface area contributed by atoms with Crippen LogP contribution in [0.1, 0.15) is 51.2 Å². The lowest BCUT2D eigenvalue weighted by atomic mass is 9.56. The minimum Gasteiger partial charge on any atom is -0.504 e. The summed E-state index contributed by atoms with van der Waals surface area (Å²) in [7, 11) is 0. The molecule has 0 aromatic heterocycles. The monoisotopic (exact) mass is 590 g/mol. The Balaban J connectivity index is 1.36. The molecule has 0 aliphatic heterocycles. The molecule has 8 nitrogen and oxygen atoms in total. The number of rotatable bonds is 12. The van der Waals surface area contributed by atoms with Gasteiger partial charge in [-0.3, -0.25) is 4.79 Å². The van der Waals surface area contributed by atoms with Crippen LogP contribution in [0.3, 0.4) is 0 Å². The quantitative estimate of drug-likeness (QED) is 0.180. The molecule has 230 valence electrons. The molecule has 4 aliphatic rings. The maximum atomic E-state index is 13.8. The molecule has 0 bridgehead atoms. The molecule has 0 amide bonds. The number of ether oxygens (including phenoxy) is 4. The van der Waals surface area contributed by atoms with Gasteiger partial charge in [0.05, 0.1) is 25.2 Å². The molecule has 8 heteroatoms. The average molecular weight is 591 g/mol. The number of ketones is 1. The van der Waals surface area contributed by atoms with Gasteiger partial charge < -0.3 is 34.3 Å². The van der Waals surface area contributed by atoms with E-state index in [0.29, 0.717) is 32.5 Å². The largest absolute Gasteiger partial charge is 0.504 e. The summed E-state index contributed by atoms with van der Waals surface area (Å²) >= 11 is 0. The number of benzene rings is 2. The van der Waals surface area contributed by atoms with Crippen LogP contribution in [-0.4, -0.2) is 57.6 Å². The first-order valence-corrected chi connectivity index (χ1v) is 15.2. The van der Waals surface area contributed by atoms with Crippen LogP contribution < -0.4 is 0 Å². The van der Waals surface area contributed by atoms with Gasteiger partial charge in [0.2, 0.25) is 5.78 Å². The average Bonchev–Trinajstić information content (AvgIpc) is 3.78. The maximum Gasteiger partial charge on any atom is 0.204 e. The summed E-state index contributed by atoms with van der Waals surface area (Å²) in [6.07, 6.45) is 4.55. The summed E-state index contributed by atoms with van der Waals surface area (Å²) in [6.45, 7) is 5.69. The van der Waals surface area contributed by atoms with Crippen LogP contribution in [-0.2, 0) is 37.0 Å². The molecule has 2 aromatic rings. The van der Waals surface area contributed by atoms with Gasteiger partial charge in [-0.2, -0.15) is 0 Å². The standard InChI is InChI=1S/C35H42O8/c1-23-16-17-33(43-22-41-20-27-12-8-5-9-13-27)32(3,18-25-14-15-25)30-29(37)28(36)24(2)34(30,38)35(33,39)31(23)42-21-40-19-26-10-6-4-7-11-26/h4-15,23,25,30-31,36,38-39H,16-22H2,1-3H3. The zero-order chi connectivity index (χ0) is 30.5. The van der Waals surface area contributed by atoms with Crippen LogP contribution in [0.25, 0.3) is 0 Å². The van der Waals surface area contributed by atoms with E-state index in [1.165, 1.54) is 6.92 Å². The van der Waals surface area contributed by atoms with E-state index in [1.807, 2.05) is 86.7 Å².